The van der Waals surface area contributed by atoms with Gasteiger partial charge < -0.3 is 15.0 Å². The van der Waals surface area contributed by atoms with Crippen molar-refractivity contribution < 1.29 is 22.7 Å². The van der Waals surface area contributed by atoms with E-state index < -0.39 is 27.6 Å². The largest absolute Gasteiger partial charge is 0.444 e. The van der Waals surface area contributed by atoms with Crippen molar-refractivity contribution in [1.29, 1.82) is 0 Å². The average molecular weight is 496 g/mol. The van der Waals surface area contributed by atoms with E-state index in [4.69, 9.17) is 16.3 Å². The molecule has 0 fully saturated rings. The fraction of sp³-hybridized carbons (Fsp3) is 0.391. The third-order valence-electron chi connectivity index (χ3n) is 4.19. The summed E-state index contributed by atoms with van der Waals surface area (Å²) in [6.45, 7) is 9.05. The first-order valence-corrected chi connectivity index (χ1v) is 12.2. The first-order chi connectivity index (χ1) is 15.2. The van der Waals surface area contributed by atoms with E-state index >= 15 is 0 Å². The van der Waals surface area contributed by atoms with Crippen molar-refractivity contribution >= 4 is 39.3 Å². The highest BCUT2D eigenvalue weighted by Crippen LogP contribution is 2.23. The maximum absolute atomic E-state index is 12.8. The summed E-state index contributed by atoms with van der Waals surface area (Å²) in [4.78, 5) is 26.4. The van der Waals surface area contributed by atoms with Gasteiger partial charge in [-0.15, -0.1) is 0 Å². The molecule has 33 heavy (non-hydrogen) atoms. The Kier molecular flexibility index (Phi) is 8.51. The number of hydrogen-bond acceptors (Lipinski definition) is 5. The lowest BCUT2D eigenvalue weighted by Gasteiger charge is -2.24. The molecule has 0 aliphatic heterocycles. The highest BCUT2D eigenvalue weighted by atomic mass is 35.5. The third-order valence-corrected chi connectivity index (χ3v) is 6.18. The van der Waals surface area contributed by atoms with Gasteiger partial charge in [0.15, 0.2) is 0 Å². The van der Waals surface area contributed by atoms with Gasteiger partial charge in [-0.25, -0.2) is 17.9 Å². The topological polar surface area (TPSA) is 105 Å². The van der Waals surface area contributed by atoms with Crippen LogP contribution < -0.4 is 10.0 Å². The second-order valence-corrected chi connectivity index (χ2v) is 11.0. The third kappa shape index (κ3) is 8.03. The van der Waals surface area contributed by atoms with Crippen molar-refractivity contribution in [3.8, 4) is 0 Å². The van der Waals surface area contributed by atoms with Gasteiger partial charge in [0, 0.05) is 25.3 Å². The van der Waals surface area contributed by atoms with Crippen LogP contribution in [0.4, 0.5) is 10.5 Å². The molecule has 2 aromatic carbocycles. The second-order valence-electron chi connectivity index (χ2n) is 8.91. The maximum Gasteiger partial charge on any atom is 0.410 e. The monoisotopic (exact) mass is 495 g/mol. The number of halogens is 1. The quantitative estimate of drug-likeness (QED) is 0.582. The predicted molar refractivity (Wildman–Crippen MR) is 129 cm³/mol. The van der Waals surface area contributed by atoms with Crippen molar-refractivity contribution in [2.24, 2.45) is 0 Å². The Morgan fingerprint density at radius 1 is 1.12 bits per heavy atom. The minimum Gasteiger partial charge on any atom is -0.444 e. The summed E-state index contributed by atoms with van der Waals surface area (Å²) in [7, 11) is -2.16. The molecule has 0 spiro atoms. The average Bonchev–Trinajstić information content (AvgIpc) is 2.66. The fourth-order valence-electron chi connectivity index (χ4n) is 2.85. The number of hydrogen-bond donors (Lipinski definition) is 2. The zero-order valence-corrected chi connectivity index (χ0v) is 21.2. The molecule has 0 aliphatic carbocycles. The van der Waals surface area contributed by atoms with Gasteiger partial charge in [0.25, 0.3) is 5.91 Å². The minimum atomic E-state index is -3.78. The Balaban J connectivity index is 2.18. The van der Waals surface area contributed by atoms with Crippen LogP contribution in [0.15, 0.2) is 47.4 Å². The van der Waals surface area contributed by atoms with E-state index in [0.717, 1.165) is 5.56 Å². The van der Waals surface area contributed by atoms with Crippen LogP contribution in [0.1, 0.15) is 50.5 Å². The summed E-state index contributed by atoms with van der Waals surface area (Å²) in [5.41, 5.74) is 0.664. The molecule has 0 saturated carbocycles. The highest BCUT2D eigenvalue weighted by molar-refractivity contribution is 7.89. The Hall–Kier alpha value is -2.62. The summed E-state index contributed by atoms with van der Waals surface area (Å²) >= 11 is 6.17. The van der Waals surface area contributed by atoms with Crippen LogP contribution in [0, 0.1) is 0 Å². The van der Waals surface area contributed by atoms with Crippen LogP contribution in [0.25, 0.3) is 0 Å². The molecule has 0 heterocycles. The number of rotatable bonds is 7. The van der Waals surface area contributed by atoms with E-state index in [0.29, 0.717) is 5.69 Å². The smallest absolute Gasteiger partial charge is 0.410 e. The molecule has 0 saturated heterocycles. The minimum absolute atomic E-state index is 0.0274. The number of carbonyl (C=O) groups is 2. The number of nitrogens with zero attached hydrogens (tertiary/aromatic N) is 1. The van der Waals surface area contributed by atoms with Gasteiger partial charge in [-0.3, -0.25) is 4.79 Å². The van der Waals surface area contributed by atoms with Crippen molar-refractivity contribution in [2.75, 3.05) is 12.4 Å². The van der Waals surface area contributed by atoms with Crippen molar-refractivity contribution in [3.63, 3.8) is 0 Å². The van der Waals surface area contributed by atoms with Gasteiger partial charge in [0.1, 0.15) is 5.60 Å². The van der Waals surface area contributed by atoms with E-state index in [1.54, 1.807) is 59.9 Å². The lowest BCUT2D eigenvalue weighted by atomic mass is 10.1. The van der Waals surface area contributed by atoms with Crippen molar-refractivity contribution in [2.45, 2.75) is 57.7 Å². The van der Waals surface area contributed by atoms with E-state index in [1.807, 2.05) is 6.07 Å². The standard InChI is InChI=1S/C23H30ClN3O5S/c1-15(2)26-33(30,31)18-10-11-20(24)19(13-18)21(28)25-17-9-7-8-16(12-17)14-27(6)22(29)32-23(3,4)5/h7-13,15,26H,14H2,1-6H3,(H,25,28). The first kappa shape index (κ1) is 26.6. The number of sulfonamides is 1. The number of carbonyl (C=O) groups excluding carboxylic acids is 2. The van der Waals surface area contributed by atoms with Crippen LogP contribution in [-0.2, 0) is 21.3 Å². The molecule has 0 bridgehead atoms. The molecule has 2 N–H and O–H groups in total. The highest BCUT2D eigenvalue weighted by Gasteiger charge is 2.21. The molecule has 0 aliphatic rings. The second kappa shape index (κ2) is 10.5. The number of nitrogens with one attached hydrogen (secondary N) is 2. The maximum atomic E-state index is 12.8. The molecular formula is C23H30ClN3O5S. The molecule has 180 valence electrons. The van der Waals surface area contributed by atoms with Gasteiger partial charge in [-0.2, -0.15) is 0 Å². The van der Waals surface area contributed by atoms with Crippen molar-refractivity contribution in [3.05, 3.63) is 58.6 Å². The molecule has 8 nitrogen and oxygen atoms in total. The Bertz CT molecular complexity index is 1130. The molecule has 0 unspecified atom stereocenters. The van der Waals surface area contributed by atoms with E-state index in [9.17, 15) is 18.0 Å². The van der Waals surface area contributed by atoms with Crippen LogP contribution in [0.3, 0.4) is 0 Å². The molecule has 2 aromatic rings. The molecule has 0 aromatic heterocycles. The van der Waals surface area contributed by atoms with E-state index in [2.05, 4.69) is 10.0 Å². The SMILES string of the molecule is CC(C)NS(=O)(=O)c1ccc(Cl)c(C(=O)Nc2cccc(CN(C)C(=O)OC(C)(C)C)c2)c1. The Morgan fingerprint density at radius 2 is 1.79 bits per heavy atom. The zero-order chi connectivity index (χ0) is 25.0. The molecule has 2 rings (SSSR count). The number of ether oxygens (including phenoxy) is 1. The van der Waals surface area contributed by atoms with Crippen LogP contribution in [0.5, 0.6) is 0 Å². The Labute approximate surface area is 200 Å². The lowest BCUT2D eigenvalue weighted by molar-refractivity contribution is 0.0285. The summed E-state index contributed by atoms with van der Waals surface area (Å²) < 4.78 is 32.7. The van der Waals surface area contributed by atoms with Gasteiger partial charge in [-0.05, 0) is 70.5 Å². The summed E-state index contributed by atoms with van der Waals surface area (Å²) in [6.07, 6.45) is -0.461. The number of anilines is 1. The van der Waals surface area contributed by atoms with Crippen LogP contribution >= 0.6 is 11.6 Å². The zero-order valence-electron chi connectivity index (χ0n) is 19.6. The van der Waals surface area contributed by atoms with Crippen LogP contribution in [-0.4, -0.2) is 44.0 Å². The summed E-state index contributed by atoms with van der Waals surface area (Å²) in [6, 6.07) is 10.6. The molecule has 10 heteroatoms. The first-order valence-electron chi connectivity index (χ1n) is 10.3. The number of benzene rings is 2. The molecule has 2 amide bonds. The normalized spacial score (nSPS) is 11.9. The Morgan fingerprint density at radius 3 is 2.39 bits per heavy atom. The number of amides is 2. The van der Waals surface area contributed by atoms with E-state index in [-0.39, 0.29) is 28.1 Å². The molecular weight excluding hydrogens is 466 g/mol. The molecule has 0 atom stereocenters. The summed E-state index contributed by atoms with van der Waals surface area (Å²) in [5.74, 6) is -0.556. The lowest BCUT2D eigenvalue weighted by Crippen LogP contribution is -2.33. The fourth-order valence-corrected chi connectivity index (χ4v) is 4.33. The van der Waals surface area contributed by atoms with Gasteiger partial charge in [0.2, 0.25) is 10.0 Å². The predicted octanol–water partition coefficient (Wildman–Crippen LogP) is 4.65. The summed E-state index contributed by atoms with van der Waals surface area (Å²) in [5, 5.41) is 2.85. The van der Waals surface area contributed by atoms with Gasteiger partial charge >= 0.3 is 6.09 Å². The van der Waals surface area contributed by atoms with Crippen LogP contribution in [0.2, 0.25) is 5.02 Å². The van der Waals surface area contributed by atoms with E-state index in [1.165, 1.54) is 23.1 Å². The van der Waals surface area contributed by atoms with Gasteiger partial charge in [0.05, 0.1) is 15.5 Å². The molecule has 0 radical (unpaired) electrons. The van der Waals surface area contributed by atoms with Gasteiger partial charge in [-0.1, -0.05) is 23.7 Å². The van der Waals surface area contributed by atoms with Crippen molar-refractivity contribution in [1.82, 2.24) is 9.62 Å².